The van der Waals surface area contributed by atoms with Gasteiger partial charge < -0.3 is 9.84 Å². The van der Waals surface area contributed by atoms with E-state index in [9.17, 15) is 9.59 Å². The van der Waals surface area contributed by atoms with Crippen LogP contribution in [0.3, 0.4) is 0 Å². The smallest absolute Gasteiger partial charge is 0.337 e. The van der Waals surface area contributed by atoms with E-state index >= 15 is 0 Å². The number of likely N-dealkylation sites (tertiary alicyclic amines) is 1. The first-order chi connectivity index (χ1) is 9.51. The van der Waals surface area contributed by atoms with E-state index in [1.54, 1.807) is 12.1 Å². The molecule has 5 heteroatoms. The van der Waals surface area contributed by atoms with Crippen LogP contribution in [0.25, 0.3) is 0 Å². The fourth-order valence-corrected chi connectivity index (χ4v) is 2.64. The van der Waals surface area contributed by atoms with Gasteiger partial charge in [-0.05, 0) is 23.6 Å². The summed E-state index contributed by atoms with van der Waals surface area (Å²) in [6.45, 7) is 4.04. The van der Waals surface area contributed by atoms with Crippen molar-refractivity contribution in [3.05, 3.63) is 35.4 Å². The highest BCUT2D eigenvalue weighted by molar-refractivity contribution is 5.89. The largest absolute Gasteiger partial charge is 0.481 e. The minimum Gasteiger partial charge on any atom is -0.481 e. The second-order valence-electron chi connectivity index (χ2n) is 5.30. The fourth-order valence-electron chi connectivity index (χ4n) is 2.64. The molecule has 1 aliphatic heterocycles. The number of carboxylic acid groups (broad SMARTS) is 1. The first-order valence-corrected chi connectivity index (χ1v) is 6.63. The van der Waals surface area contributed by atoms with E-state index < -0.39 is 5.97 Å². The highest BCUT2D eigenvalue weighted by atomic mass is 16.5. The van der Waals surface area contributed by atoms with E-state index in [4.69, 9.17) is 5.11 Å². The average Bonchev–Trinajstić information content (AvgIpc) is 2.79. The molecule has 0 amide bonds. The Hall–Kier alpha value is -1.88. The van der Waals surface area contributed by atoms with Crippen LogP contribution >= 0.6 is 0 Å². The Labute approximate surface area is 118 Å². The van der Waals surface area contributed by atoms with Crippen LogP contribution in [0.1, 0.15) is 22.8 Å². The van der Waals surface area contributed by atoms with Gasteiger partial charge in [0, 0.05) is 19.6 Å². The summed E-state index contributed by atoms with van der Waals surface area (Å²) in [6.07, 6.45) is 0. The van der Waals surface area contributed by atoms with Crippen molar-refractivity contribution >= 4 is 11.9 Å². The molecule has 0 radical (unpaired) electrons. The van der Waals surface area contributed by atoms with Crippen LogP contribution in [0.2, 0.25) is 0 Å². The summed E-state index contributed by atoms with van der Waals surface area (Å²) in [5.74, 6) is -1.19. The molecule has 1 fully saturated rings. The standard InChI is InChI=1S/C15H19NO4/c1-10-7-16(9-13(10)14(17)18)8-11-3-5-12(6-4-11)15(19)20-2/h3-6,10,13H,7-9H2,1-2H3,(H,17,18). The SMILES string of the molecule is COC(=O)c1ccc(CN2CC(C)C(C(=O)O)C2)cc1. The Balaban J connectivity index is 1.98. The summed E-state index contributed by atoms with van der Waals surface area (Å²) < 4.78 is 4.65. The van der Waals surface area contributed by atoms with E-state index in [0.717, 1.165) is 12.1 Å². The van der Waals surface area contributed by atoms with Crippen LogP contribution in [0.15, 0.2) is 24.3 Å². The summed E-state index contributed by atoms with van der Waals surface area (Å²) >= 11 is 0. The lowest BCUT2D eigenvalue weighted by Crippen LogP contribution is -2.23. The number of nitrogens with zero attached hydrogens (tertiary/aromatic N) is 1. The number of benzene rings is 1. The third-order valence-electron chi connectivity index (χ3n) is 3.79. The molecule has 1 saturated heterocycles. The lowest BCUT2D eigenvalue weighted by atomic mass is 9.99. The second-order valence-corrected chi connectivity index (χ2v) is 5.30. The van der Waals surface area contributed by atoms with Crippen LogP contribution in [0.5, 0.6) is 0 Å². The Kier molecular flexibility index (Phi) is 4.39. The maximum absolute atomic E-state index is 11.3. The lowest BCUT2D eigenvalue weighted by Gasteiger charge is -2.15. The number of rotatable bonds is 4. The van der Waals surface area contributed by atoms with Gasteiger partial charge in [0.05, 0.1) is 18.6 Å². The molecule has 1 aromatic carbocycles. The maximum atomic E-state index is 11.3. The molecule has 0 saturated carbocycles. The Morgan fingerprint density at radius 2 is 1.95 bits per heavy atom. The molecule has 1 aliphatic rings. The molecule has 2 unspecified atom stereocenters. The monoisotopic (exact) mass is 277 g/mol. The van der Waals surface area contributed by atoms with E-state index in [0.29, 0.717) is 18.7 Å². The van der Waals surface area contributed by atoms with Gasteiger partial charge in [-0.25, -0.2) is 4.79 Å². The number of carboxylic acids is 1. The summed E-state index contributed by atoms with van der Waals surface area (Å²) in [7, 11) is 1.36. The predicted molar refractivity (Wildman–Crippen MR) is 73.3 cm³/mol. The van der Waals surface area contributed by atoms with Gasteiger partial charge in [-0.15, -0.1) is 0 Å². The van der Waals surface area contributed by atoms with Crippen molar-refractivity contribution in [2.24, 2.45) is 11.8 Å². The normalized spacial score (nSPS) is 22.7. The number of esters is 1. The fraction of sp³-hybridized carbons (Fsp3) is 0.467. The molecule has 108 valence electrons. The molecule has 2 atom stereocenters. The number of methoxy groups -OCH3 is 1. The summed E-state index contributed by atoms with van der Waals surface area (Å²) in [6, 6.07) is 7.22. The van der Waals surface area contributed by atoms with Gasteiger partial charge in [0.2, 0.25) is 0 Å². The van der Waals surface area contributed by atoms with Crippen LogP contribution < -0.4 is 0 Å². The highest BCUT2D eigenvalue weighted by Crippen LogP contribution is 2.24. The van der Waals surface area contributed by atoms with Gasteiger partial charge in [-0.3, -0.25) is 9.69 Å². The Bertz CT molecular complexity index is 497. The molecule has 1 heterocycles. The van der Waals surface area contributed by atoms with Crippen molar-refractivity contribution in [2.45, 2.75) is 13.5 Å². The molecule has 0 aliphatic carbocycles. The molecule has 0 spiro atoms. The van der Waals surface area contributed by atoms with Gasteiger partial charge in [-0.2, -0.15) is 0 Å². The van der Waals surface area contributed by atoms with Crippen molar-refractivity contribution in [3.8, 4) is 0 Å². The number of carbonyl (C=O) groups excluding carboxylic acids is 1. The van der Waals surface area contributed by atoms with Crippen LogP contribution in [0.4, 0.5) is 0 Å². The van der Waals surface area contributed by atoms with Crippen molar-refractivity contribution in [3.63, 3.8) is 0 Å². The van der Waals surface area contributed by atoms with Gasteiger partial charge in [0.15, 0.2) is 0 Å². The Morgan fingerprint density at radius 1 is 1.30 bits per heavy atom. The van der Waals surface area contributed by atoms with E-state index in [-0.39, 0.29) is 17.8 Å². The first kappa shape index (κ1) is 14.5. The molecule has 1 N–H and O–H groups in total. The molecular formula is C15H19NO4. The summed E-state index contributed by atoms with van der Waals surface area (Å²) in [5.41, 5.74) is 1.59. The average molecular weight is 277 g/mol. The zero-order valence-electron chi connectivity index (χ0n) is 11.7. The van der Waals surface area contributed by atoms with Crippen molar-refractivity contribution < 1.29 is 19.4 Å². The van der Waals surface area contributed by atoms with Crippen molar-refractivity contribution in [1.29, 1.82) is 0 Å². The van der Waals surface area contributed by atoms with Crippen molar-refractivity contribution in [1.82, 2.24) is 4.90 Å². The number of hydrogen-bond acceptors (Lipinski definition) is 4. The third kappa shape index (κ3) is 3.17. The molecule has 0 aromatic heterocycles. The molecule has 1 aromatic rings. The first-order valence-electron chi connectivity index (χ1n) is 6.63. The van der Waals surface area contributed by atoms with Crippen LogP contribution in [-0.4, -0.2) is 42.1 Å². The van der Waals surface area contributed by atoms with Crippen LogP contribution in [0, 0.1) is 11.8 Å². The third-order valence-corrected chi connectivity index (χ3v) is 3.79. The lowest BCUT2D eigenvalue weighted by molar-refractivity contribution is -0.142. The number of aliphatic carboxylic acids is 1. The van der Waals surface area contributed by atoms with Gasteiger partial charge in [-0.1, -0.05) is 19.1 Å². The predicted octanol–water partition coefficient (Wildman–Crippen LogP) is 1.63. The zero-order chi connectivity index (χ0) is 14.7. The Morgan fingerprint density at radius 3 is 2.45 bits per heavy atom. The van der Waals surface area contributed by atoms with E-state index in [1.165, 1.54) is 7.11 Å². The number of carbonyl (C=O) groups is 2. The molecule has 0 bridgehead atoms. The van der Waals surface area contributed by atoms with Gasteiger partial charge in [0.25, 0.3) is 0 Å². The highest BCUT2D eigenvalue weighted by Gasteiger charge is 2.34. The molecule has 5 nitrogen and oxygen atoms in total. The van der Waals surface area contributed by atoms with Gasteiger partial charge >= 0.3 is 11.9 Å². The van der Waals surface area contributed by atoms with E-state index in [2.05, 4.69) is 9.64 Å². The minimum absolute atomic E-state index is 0.168. The topological polar surface area (TPSA) is 66.8 Å². The molecule has 2 rings (SSSR count). The van der Waals surface area contributed by atoms with Crippen LogP contribution in [-0.2, 0) is 16.1 Å². The van der Waals surface area contributed by atoms with E-state index in [1.807, 2.05) is 19.1 Å². The molecule has 20 heavy (non-hydrogen) atoms. The number of ether oxygens (including phenoxy) is 1. The second kappa shape index (κ2) is 6.05. The molecular weight excluding hydrogens is 258 g/mol. The van der Waals surface area contributed by atoms with Gasteiger partial charge in [0.1, 0.15) is 0 Å². The maximum Gasteiger partial charge on any atom is 0.337 e. The quantitative estimate of drug-likeness (QED) is 0.847. The minimum atomic E-state index is -0.721. The summed E-state index contributed by atoms with van der Waals surface area (Å²) in [4.78, 5) is 24.6. The summed E-state index contributed by atoms with van der Waals surface area (Å²) in [5, 5.41) is 9.11. The number of hydrogen-bond donors (Lipinski definition) is 1. The zero-order valence-corrected chi connectivity index (χ0v) is 11.7. The van der Waals surface area contributed by atoms with Crippen molar-refractivity contribution in [2.75, 3.05) is 20.2 Å².